The van der Waals surface area contributed by atoms with E-state index >= 15 is 0 Å². The molecular formula is C54H33NO2. The number of benzene rings is 9. The van der Waals surface area contributed by atoms with Crippen molar-refractivity contribution in [3.05, 3.63) is 187 Å². The first-order chi connectivity index (χ1) is 28.3. The lowest BCUT2D eigenvalue weighted by Crippen LogP contribution is -2.05. The average molecular weight is 728 g/mol. The fourth-order valence-corrected chi connectivity index (χ4v) is 9.96. The summed E-state index contributed by atoms with van der Waals surface area (Å²) in [6.07, 6.45) is 4.25. The van der Waals surface area contributed by atoms with E-state index < -0.39 is 0 Å². The highest BCUT2D eigenvalue weighted by molar-refractivity contribution is 6.25. The van der Waals surface area contributed by atoms with E-state index in [1.165, 1.54) is 71.3 Å². The first kappa shape index (κ1) is 30.9. The molecule has 0 radical (unpaired) electrons. The Morgan fingerprint density at radius 3 is 1.60 bits per heavy atom. The van der Waals surface area contributed by atoms with Crippen LogP contribution < -0.4 is 0 Å². The van der Waals surface area contributed by atoms with Gasteiger partial charge in [0.2, 0.25) is 0 Å². The molecule has 13 rings (SSSR count). The van der Waals surface area contributed by atoms with Crippen LogP contribution in [0.2, 0.25) is 0 Å². The Labute approximate surface area is 327 Å². The van der Waals surface area contributed by atoms with Crippen molar-refractivity contribution in [2.75, 3.05) is 0 Å². The summed E-state index contributed by atoms with van der Waals surface area (Å²) in [7, 11) is 0. The van der Waals surface area contributed by atoms with Gasteiger partial charge in [-0.15, -0.1) is 0 Å². The molecule has 0 saturated heterocycles. The standard InChI is InChI=1S/C54H33NO2/c1-2-13-39-37(11-1)38-12-3-4-14-40(38)46-31-34(25-26-41(39)46)55-49-27-23-32(35-17-9-19-44-42-15-5-7-21-51(42)56-53(35)44)29-47(49)48-30-33(24-28-50(48)55)36-18-10-20-45-43-16-6-8-22-52(43)57-54(36)45/h1-23,25-27,29-31H,24,28H2. The third-order valence-electron chi connectivity index (χ3n) is 12.5. The van der Waals surface area contributed by atoms with E-state index in [4.69, 9.17) is 8.83 Å². The summed E-state index contributed by atoms with van der Waals surface area (Å²) in [6, 6.07) is 61.5. The number of furan rings is 2. The molecule has 12 aromatic rings. The van der Waals surface area contributed by atoms with Crippen molar-refractivity contribution >= 4 is 98.7 Å². The predicted octanol–water partition coefficient (Wildman–Crippen LogP) is 15.0. The Morgan fingerprint density at radius 1 is 0.386 bits per heavy atom. The van der Waals surface area contributed by atoms with Gasteiger partial charge in [0.1, 0.15) is 22.3 Å². The van der Waals surface area contributed by atoms with Crippen LogP contribution in [0.3, 0.4) is 0 Å². The normalized spacial score (nSPS) is 13.2. The summed E-state index contributed by atoms with van der Waals surface area (Å²) in [4.78, 5) is 0. The third kappa shape index (κ3) is 4.37. The number of para-hydroxylation sites is 4. The molecule has 0 saturated carbocycles. The van der Waals surface area contributed by atoms with Crippen LogP contribution in [0.25, 0.3) is 116 Å². The van der Waals surface area contributed by atoms with E-state index in [1.54, 1.807) is 0 Å². The zero-order chi connectivity index (χ0) is 37.2. The largest absolute Gasteiger partial charge is 0.455 e. The minimum atomic E-state index is 0.900. The Morgan fingerprint density at radius 2 is 0.930 bits per heavy atom. The Hall–Kier alpha value is -7.36. The molecule has 0 amide bonds. The van der Waals surface area contributed by atoms with E-state index in [0.717, 1.165) is 67.8 Å². The minimum Gasteiger partial charge on any atom is -0.455 e. The van der Waals surface area contributed by atoms with Gasteiger partial charge in [-0.25, -0.2) is 0 Å². The molecule has 9 aromatic carbocycles. The monoisotopic (exact) mass is 727 g/mol. The van der Waals surface area contributed by atoms with E-state index in [1.807, 2.05) is 12.1 Å². The fourth-order valence-electron chi connectivity index (χ4n) is 9.96. The highest BCUT2D eigenvalue weighted by Crippen LogP contribution is 2.45. The molecule has 3 heteroatoms. The number of hydrogen-bond acceptors (Lipinski definition) is 2. The number of hydrogen-bond donors (Lipinski definition) is 0. The molecule has 1 aliphatic carbocycles. The van der Waals surface area contributed by atoms with Crippen molar-refractivity contribution in [1.82, 2.24) is 4.57 Å². The number of fused-ring (bicyclic) bond motifs is 15. The second-order valence-electron chi connectivity index (χ2n) is 15.5. The average Bonchev–Trinajstić information content (AvgIpc) is 3.95. The summed E-state index contributed by atoms with van der Waals surface area (Å²) >= 11 is 0. The van der Waals surface area contributed by atoms with Gasteiger partial charge >= 0.3 is 0 Å². The summed E-state index contributed by atoms with van der Waals surface area (Å²) in [5, 5.41) is 13.5. The smallest absolute Gasteiger partial charge is 0.143 e. The predicted molar refractivity (Wildman–Crippen MR) is 238 cm³/mol. The van der Waals surface area contributed by atoms with Crippen LogP contribution in [0, 0.1) is 0 Å². The summed E-state index contributed by atoms with van der Waals surface area (Å²) in [6.45, 7) is 0. The summed E-state index contributed by atoms with van der Waals surface area (Å²) < 4.78 is 15.7. The van der Waals surface area contributed by atoms with Gasteiger partial charge in [0.05, 0.1) is 5.52 Å². The highest BCUT2D eigenvalue weighted by Gasteiger charge is 2.25. The van der Waals surface area contributed by atoms with Gasteiger partial charge in [-0.3, -0.25) is 0 Å². The van der Waals surface area contributed by atoms with Crippen LogP contribution in [0.4, 0.5) is 0 Å². The zero-order valence-corrected chi connectivity index (χ0v) is 30.9. The molecule has 0 bridgehead atoms. The van der Waals surface area contributed by atoms with Gasteiger partial charge in [-0.2, -0.15) is 0 Å². The van der Waals surface area contributed by atoms with Crippen molar-refractivity contribution in [2.24, 2.45) is 0 Å². The van der Waals surface area contributed by atoms with Crippen LogP contribution in [0.5, 0.6) is 0 Å². The third-order valence-corrected chi connectivity index (χ3v) is 12.5. The van der Waals surface area contributed by atoms with Gasteiger partial charge in [0.15, 0.2) is 0 Å². The molecule has 0 aliphatic heterocycles. The van der Waals surface area contributed by atoms with Crippen LogP contribution in [-0.4, -0.2) is 4.57 Å². The molecule has 3 aromatic heterocycles. The van der Waals surface area contributed by atoms with Gasteiger partial charge in [-0.1, -0.05) is 133 Å². The summed E-state index contributed by atoms with van der Waals surface area (Å²) in [5.74, 6) is 0. The number of aromatic nitrogens is 1. The van der Waals surface area contributed by atoms with Crippen molar-refractivity contribution in [3.8, 4) is 16.8 Å². The molecule has 57 heavy (non-hydrogen) atoms. The molecule has 3 heterocycles. The van der Waals surface area contributed by atoms with Crippen LogP contribution in [0.15, 0.2) is 179 Å². The highest BCUT2D eigenvalue weighted by atomic mass is 16.3. The van der Waals surface area contributed by atoms with Gasteiger partial charge < -0.3 is 13.4 Å². The molecule has 0 atom stereocenters. The fraction of sp³-hybridized carbons (Fsp3) is 0.0370. The maximum absolute atomic E-state index is 6.58. The molecule has 0 N–H and O–H groups in total. The lowest BCUT2D eigenvalue weighted by molar-refractivity contribution is 0.667. The van der Waals surface area contributed by atoms with Crippen molar-refractivity contribution in [2.45, 2.75) is 12.8 Å². The maximum atomic E-state index is 6.58. The second-order valence-corrected chi connectivity index (χ2v) is 15.5. The maximum Gasteiger partial charge on any atom is 0.143 e. The lowest BCUT2D eigenvalue weighted by Gasteiger charge is -2.19. The Kier molecular flexibility index (Phi) is 6.28. The van der Waals surface area contributed by atoms with Crippen molar-refractivity contribution < 1.29 is 8.83 Å². The molecule has 1 aliphatic rings. The zero-order valence-electron chi connectivity index (χ0n) is 30.9. The molecule has 266 valence electrons. The van der Waals surface area contributed by atoms with Gasteiger partial charge in [-0.05, 0) is 98.8 Å². The van der Waals surface area contributed by atoms with Gasteiger partial charge in [0, 0.05) is 55.0 Å². The van der Waals surface area contributed by atoms with E-state index in [0.29, 0.717) is 0 Å². The van der Waals surface area contributed by atoms with Crippen LogP contribution in [0.1, 0.15) is 23.2 Å². The second kappa shape index (κ2) is 11.6. The van der Waals surface area contributed by atoms with E-state index in [-0.39, 0.29) is 0 Å². The number of nitrogens with zero attached hydrogens (tertiary/aromatic N) is 1. The molecule has 0 unspecified atom stereocenters. The van der Waals surface area contributed by atoms with Crippen molar-refractivity contribution in [1.29, 1.82) is 0 Å². The Bertz CT molecular complexity index is 3670. The number of allylic oxidation sites excluding steroid dienone is 1. The SMILES string of the molecule is C1=C(c2cccc3c2oc2ccccc23)CCc2c1c1cc(-c3cccc4c3oc3ccccc34)ccc1n2-c1ccc2c3ccccc3c3ccccc3c2c1. The molecule has 0 fully saturated rings. The quantitative estimate of drug-likeness (QED) is 0.170. The number of rotatable bonds is 3. The topological polar surface area (TPSA) is 31.2 Å². The minimum absolute atomic E-state index is 0.900. The van der Waals surface area contributed by atoms with E-state index in [9.17, 15) is 0 Å². The Balaban J connectivity index is 1.08. The first-order valence-corrected chi connectivity index (χ1v) is 19.8. The van der Waals surface area contributed by atoms with Crippen LogP contribution in [-0.2, 0) is 6.42 Å². The van der Waals surface area contributed by atoms with Gasteiger partial charge in [0.25, 0.3) is 0 Å². The van der Waals surface area contributed by atoms with E-state index in [2.05, 4.69) is 168 Å². The molecular weight excluding hydrogens is 695 g/mol. The molecule has 3 nitrogen and oxygen atoms in total. The van der Waals surface area contributed by atoms with Crippen molar-refractivity contribution in [3.63, 3.8) is 0 Å². The summed E-state index contributed by atoms with van der Waals surface area (Å²) in [5.41, 5.74) is 13.4. The van der Waals surface area contributed by atoms with Crippen LogP contribution >= 0.6 is 0 Å². The lowest BCUT2D eigenvalue weighted by atomic mass is 9.90. The first-order valence-electron chi connectivity index (χ1n) is 19.8. The molecule has 0 spiro atoms.